The molecule has 0 bridgehead atoms. The smallest absolute Gasteiger partial charge is 0.237 e. The molecule has 0 N–H and O–H groups in total. The van der Waals surface area contributed by atoms with Crippen LogP contribution in [0.25, 0.3) is 0 Å². The van der Waals surface area contributed by atoms with Crippen molar-refractivity contribution in [3.8, 4) is 0 Å². The molecule has 0 radical (unpaired) electrons. The number of nitrogens with zero attached hydrogens (tertiary/aromatic N) is 2. The fourth-order valence-electron chi connectivity index (χ4n) is 1.73. The summed E-state index contributed by atoms with van der Waals surface area (Å²) in [6.07, 6.45) is 2.43. The molecule has 0 aromatic carbocycles. The second kappa shape index (κ2) is 4.82. The highest BCUT2D eigenvalue weighted by atomic mass is 35.5. The molecule has 3 nitrogen and oxygen atoms in total. The van der Waals surface area contributed by atoms with E-state index in [4.69, 9.17) is 11.6 Å². The minimum absolute atomic E-state index is 0.0157. The van der Waals surface area contributed by atoms with Crippen molar-refractivity contribution >= 4 is 17.5 Å². The standard InChI is InChI=1S/C9H17ClN2O/c1-11-5-3-4-8(11)7-12(2)9(13)6-10/h8H,3-7H2,1-2H3/t8-/m1/s1. The molecule has 0 aromatic rings. The van der Waals surface area contributed by atoms with Crippen molar-refractivity contribution in [1.82, 2.24) is 9.80 Å². The maximum atomic E-state index is 11.2. The third-order valence-corrected chi connectivity index (χ3v) is 2.92. The van der Waals surface area contributed by atoms with Crippen LogP contribution in [0.4, 0.5) is 0 Å². The summed E-state index contributed by atoms with van der Waals surface area (Å²) in [7, 11) is 3.92. The van der Waals surface area contributed by atoms with E-state index in [2.05, 4.69) is 11.9 Å². The molecule has 1 saturated heterocycles. The number of hydrogen-bond donors (Lipinski definition) is 0. The number of carbonyl (C=O) groups excluding carboxylic acids is 1. The molecule has 0 saturated carbocycles. The lowest BCUT2D eigenvalue weighted by atomic mass is 10.2. The molecule has 13 heavy (non-hydrogen) atoms. The molecule has 76 valence electrons. The number of halogens is 1. The van der Waals surface area contributed by atoms with Crippen LogP contribution in [0.15, 0.2) is 0 Å². The van der Waals surface area contributed by atoms with E-state index in [1.54, 1.807) is 4.90 Å². The van der Waals surface area contributed by atoms with Crippen molar-refractivity contribution in [2.75, 3.05) is 33.1 Å². The van der Waals surface area contributed by atoms with E-state index in [0.717, 1.165) is 13.1 Å². The van der Waals surface area contributed by atoms with E-state index in [0.29, 0.717) is 6.04 Å². The maximum Gasteiger partial charge on any atom is 0.237 e. The van der Waals surface area contributed by atoms with Gasteiger partial charge in [-0.2, -0.15) is 0 Å². The Balaban J connectivity index is 2.34. The van der Waals surface area contributed by atoms with Crippen LogP contribution in [0.1, 0.15) is 12.8 Å². The van der Waals surface area contributed by atoms with Gasteiger partial charge in [-0.25, -0.2) is 0 Å². The molecule has 1 aliphatic rings. The van der Waals surface area contributed by atoms with Crippen LogP contribution in [-0.2, 0) is 4.79 Å². The summed E-state index contributed by atoms with van der Waals surface area (Å²) in [6, 6.07) is 0.525. The Labute approximate surface area is 84.6 Å². The van der Waals surface area contributed by atoms with Crippen molar-refractivity contribution in [3.05, 3.63) is 0 Å². The number of alkyl halides is 1. The first-order valence-corrected chi connectivity index (χ1v) is 5.18. The second-order valence-corrected chi connectivity index (χ2v) is 3.95. The molecule has 4 heteroatoms. The molecule has 1 heterocycles. The van der Waals surface area contributed by atoms with E-state index in [9.17, 15) is 4.79 Å². The summed E-state index contributed by atoms with van der Waals surface area (Å²) in [5.74, 6) is 0.106. The third kappa shape index (κ3) is 2.85. The van der Waals surface area contributed by atoms with Gasteiger partial charge in [0.05, 0.1) is 0 Å². The average molecular weight is 205 g/mol. The molecule has 1 aliphatic heterocycles. The van der Waals surface area contributed by atoms with Crippen molar-refractivity contribution < 1.29 is 4.79 Å². The molecule has 0 aliphatic carbocycles. The number of carbonyl (C=O) groups is 1. The number of likely N-dealkylation sites (N-methyl/N-ethyl adjacent to an activating group) is 2. The Bertz CT molecular complexity index is 186. The van der Waals surface area contributed by atoms with Crippen LogP contribution in [0.2, 0.25) is 0 Å². The molecule has 1 amide bonds. The Morgan fingerprint density at radius 2 is 2.38 bits per heavy atom. The third-order valence-electron chi connectivity index (χ3n) is 2.70. The summed E-state index contributed by atoms with van der Waals surface area (Å²) in [6.45, 7) is 1.95. The Morgan fingerprint density at radius 1 is 1.69 bits per heavy atom. The number of amides is 1. The number of likely N-dealkylation sites (tertiary alicyclic amines) is 1. The molecule has 0 unspecified atom stereocenters. The number of rotatable bonds is 3. The van der Waals surface area contributed by atoms with Crippen molar-refractivity contribution in [1.29, 1.82) is 0 Å². The molecule has 0 aromatic heterocycles. The van der Waals surface area contributed by atoms with Gasteiger partial charge in [-0.3, -0.25) is 4.79 Å². The SMILES string of the molecule is CN(C[C@H]1CCCN1C)C(=O)CCl. The summed E-state index contributed by atoms with van der Waals surface area (Å²) >= 11 is 5.46. The summed E-state index contributed by atoms with van der Waals surface area (Å²) in [5.41, 5.74) is 0. The highest BCUT2D eigenvalue weighted by molar-refractivity contribution is 6.27. The van der Waals surface area contributed by atoms with Crippen molar-refractivity contribution in [2.45, 2.75) is 18.9 Å². The summed E-state index contributed by atoms with van der Waals surface area (Å²) in [5, 5.41) is 0. The Kier molecular flexibility index (Phi) is 4.00. The summed E-state index contributed by atoms with van der Waals surface area (Å²) in [4.78, 5) is 15.2. The van der Waals surface area contributed by atoms with Crippen LogP contribution in [0.5, 0.6) is 0 Å². The monoisotopic (exact) mass is 204 g/mol. The minimum Gasteiger partial charge on any atom is -0.343 e. The first-order chi connectivity index (χ1) is 6.15. The van der Waals surface area contributed by atoms with E-state index >= 15 is 0 Å². The zero-order valence-electron chi connectivity index (χ0n) is 8.29. The Hall–Kier alpha value is -0.280. The quantitative estimate of drug-likeness (QED) is 0.635. The topological polar surface area (TPSA) is 23.6 Å². The van der Waals surface area contributed by atoms with Crippen LogP contribution in [-0.4, -0.2) is 54.8 Å². The van der Waals surface area contributed by atoms with Crippen LogP contribution in [0, 0.1) is 0 Å². The largest absolute Gasteiger partial charge is 0.343 e. The molecular formula is C9H17ClN2O. The zero-order valence-corrected chi connectivity index (χ0v) is 9.05. The molecule has 1 fully saturated rings. The van der Waals surface area contributed by atoms with Gasteiger partial charge >= 0.3 is 0 Å². The van der Waals surface area contributed by atoms with Crippen LogP contribution >= 0.6 is 11.6 Å². The second-order valence-electron chi connectivity index (χ2n) is 3.68. The van der Waals surface area contributed by atoms with Gasteiger partial charge in [0.1, 0.15) is 5.88 Å². The minimum atomic E-state index is 0.0157. The molecule has 0 spiro atoms. The predicted molar refractivity (Wildman–Crippen MR) is 54.0 cm³/mol. The van der Waals surface area contributed by atoms with Gasteiger partial charge in [0.2, 0.25) is 5.91 Å². The number of hydrogen-bond acceptors (Lipinski definition) is 2. The molecule has 1 atom stereocenters. The lowest BCUT2D eigenvalue weighted by Gasteiger charge is -2.25. The van der Waals surface area contributed by atoms with Crippen LogP contribution in [0.3, 0.4) is 0 Å². The van der Waals surface area contributed by atoms with Gasteiger partial charge in [0, 0.05) is 19.6 Å². The van der Waals surface area contributed by atoms with E-state index in [1.165, 1.54) is 12.8 Å². The summed E-state index contributed by atoms with van der Waals surface area (Å²) < 4.78 is 0. The van der Waals surface area contributed by atoms with Gasteiger partial charge in [-0.05, 0) is 26.4 Å². The van der Waals surface area contributed by atoms with E-state index < -0.39 is 0 Å². The van der Waals surface area contributed by atoms with Crippen molar-refractivity contribution in [3.63, 3.8) is 0 Å². The Morgan fingerprint density at radius 3 is 2.85 bits per heavy atom. The predicted octanol–water partition coefficient (Wildman–Crippen LogP) is 0.778. The van der Waals surface area contributed by atoms with Crippen molar-refractivity contribution in [2.24, 2.45) is 0 Å². The van der Waals surface area contributed by atoms with Gasteiger partial charge in [0.15, 0.2) is 0 Å². The fraction of sp³-hybridized carbons (Fsp3) is 0.889. The lowest BCUT2D eigenvalue weighted by Crippen LogP contribution is -2.40. The highest BCUT2D eigenvalue weighted by Crippen LogP contribution is 2.15. The van der Waals surface area contributed by atoms with Gasteiger partial charge in [-0.1, -0.05) is 0 Å². The molecular weight excluding hydrogens is 188 g/mol. The van der Waals surface area contributed by atoms with Gasteiger partial charge in [-0.15, -0.1) is 11.6 Å². The zero-order chi connectivity index (χ0) is 9.84. The average Bonchev–Trinajstić information content (AvgIpc) is 2.50. The van der Waals surface area contributed by atoms with E-state index in [1.807, 2.05) is 7.05 Å². The first-order valence-electron chi connectivity index (χ1n) is 4.65. The highest BCUT2D eigenvalue weighted by Gasteiger charge is 2.23. The fourth-order valence-corrected chi connectivity index (χ4v) is 1.93. The van der Waals surface area contributed by atoms with Crippen LogP contribution < -0.4 is 0 Å². The lowest BCUT2D eigenvalue weighted by molar-refractivity contribution is -0.127. The first kappa shape index (κ1) is 10.8. The van der Waals surface area contributed by atoms with Gasteiger partial charge in [0.25, 0.3) is 0 Å². The normalized spacial score (nSPS) is 23.5. The van der Waals surface area contributed by atoms with E-state index in [-0.39, 0.29) is 11.8 Å². The maximum absolute atomic E-state index is 11.2. The van der Waals surface area contributed by atoms with Gasteiger partial charge < -0.3 is 9.80 Å². The molecule has 1 rings (SSSR count).